The van der Waals surface area contributed by atoms with Gasteiger partial charge in [0.05, 0.1) is 42.4 Å². The predicted molar refractivity (Wildman–Crippen MR) is 163 cm³/mol. The highest BCUT2D eigenvalue weighted by atomic mass is 19.4. The molecule has 2 aromatic carbocycles. The van der Waals surface area contributed by atoms with Gasteiger partial charge in [-0.2, -0.15) is 13.2 Å². The van der Waals surface area contributed by atoms with Gasteiger partial charge in [0.2, 0.25) is 5.91 Å². The molecule has 2 aliphatic heterocycles. The number of methoxy groups -OCH3 is 1. The topological polar surface area (TPSA) is 95.1 Å². The summed E-state index contributed by atoms with van der Waals surface area (Å²) < 4.78 is 60.9. The number of hydroxylamine groups is 1. The number of halogens is 4. The zero-order chi connectivity index (χ0) is 32.1. The second kappa shape index (κ2) is 13.7. The molecule has 1 atom stereocenters. The van der Waals surface area contributed by atoms with Gasteiger partial charge in [-0.15, -0.1) is 0 Å². The monoisotopic (exact) mass is 629 g/mol. The van der Waals surface area contributed by atoms with Gasteiger partial charge in [-0.3, -0.25) is 14.5 Å². The van der Waals surface area contributed by atoms with E-state index in [1.165, 1.54) is 42.8 Å². The average molecular weight is 630 g/mol. The van der Waals surface area contributed by atoms with Gasteiger partial charge in [0.1, 0.15) is 23.7 Å². The first kappa shape index (κ1) is 32.0. The zero-order valence-electron chi connectivity index (χ0n) is 25.0. The third-order valence-electron chi connectivity index (χ3n) is 7.75. The fraction of sp³-hybridized carbons (Fsp3) is 0.387. The molecule has 0 spiro atoms. The highest BCUT2D eigenvalue weighted by Gasteiger charge is 2.38. The van der Waals surface area contributed by atoms with Gasteiger partial charge in [-0.25, -0.2) is 19.4 Å². The molecule has 45 heavy (non-hydrogen) atoms. The molecule has 3 heterocycles. The lowest BCUT2D eigenvalue weighted by Gasteiger charge is -2.37. The molecule has 0 aliphatic carbocycles. The minimum absolute atomic E-state index is 0.147. The number of rotatable bonds is 10. The van der Waals surface area contributed by atoms with Gasteiger partial charge in [0.25, 0.3) is 0 Å². The quantitative estimate of drug-likeness (QED) is 0.209. The van der Waals surface area contributed by atoms with Crippen LogP contribution in [0.1, 0.15) is 36.9 Å². The number of benzene rings is 2. The van der Waals surface area contributed by atoms with Crippen LogP contribution in [0.2, 0.25) is 0 Å². The first-order valence-corrected chi connectivity index (χ1v) is 14.6. The van der Waals surface area contributed by atoms with E-state index >= 15 is 4.39 Å². The highest BCUT2D eigenvalue weighted by Crippen LogP contribution is 2.41. The SMILES string of the molecule is C=CC(=O)Nc1cc(Nc2cc(N3OCC[C@@H]3c3cccc(C(F)(F)F)c3F)ncn2)c(OC)cc1N1CCN(CCC)CC1. The average Bonchev–Trinajstić information content (AvgIpc) is 3.51. The Hall–Kier alpha value is -4.43. The standard InChI is InChI=1S/C31H35F4N7O3/c1-4-10-40-11-13-41(14-12-40)25-17-26(44-3)23(16-22(25)39-29(43)5-2)38-27-18-28(37-19-36-27)42-24(9-15-45-42)20-7-6-8-21(30(20)32)31(33,34)35/h5-8,16-19,24H,2,4,9-15H2,1,3H3,(H,39,43)(H,36,37,38)/t24-/m1/s1. The third kappa shape index (κ3) is 7.12. The Labute approximate surface area is 258 Å². The number of alkyl halides is 3. The zero-order valence-corrected chi connectivity index (χ0v) is 25.0. The first-order valence-electron chi connectivity index (χ1n) is 14.6. The maximum atomic E-state index is 15.0. The van der Waals surface area contributed by atoms with Crippen molar-refractivity contribution < 1.29 is 31.9 Å². The molecule has 0 saturated carbocycles. The summed E-state index contributed by atoms with van der Waals surface area (Å²) in [6, 6.07) is 7.47. The smallest absolute Gasteiger partial charge is 0.419 e. The maximum absolute atomic E-state index is 15.0. The van der Waals surface area contributed by atoms with Crippen LogP contribution < -0.4 is 25.3 Å². The van der Waals surface area contributed by atoms with Gasteiger partial charge in [-0.1, -0.05) is 25.6 Å². The van der Waals surface area contributed by atoms with Gasteiger partial charge in [0.15, 0.2) is 5.82 Å². The summed E-state index contributed by atoms with van der Waals surface area (Å²) in [6.45, 7) is 10.2. The van der Waals surface area contributed by atoms with E-state index in [1.54, 1.807) is 6.07 Å². The van der Waals surface area contributed by atoms with E-state index in [9.17, 15) is 18.0 Å². The summed E-state index contributed by atoms with van der Waals surface area (Å²) in [7, 11) is 1.53. The summed E-state index contributed by atoms with van der Waals surface area (Å²) in [6.07, 6.45) is -1.06. The number of amides is 1. The van der Waals surface area contributed by atoms with E-state index in [0.29, 0.717) is 29.0 Å². The number of carbonyl (C=O) groups excluding carboxylic acids is 1. The van der Waals surface area contributed by atoms with Crippen LogP contribution in [0.4, 0.5) is 46.3 Å². The Morgan fingerprint density at radius 3 is 2.62 bits per heavy atom. The summed E-state index contributed by atoms with van der Waals surface area (Å²) in [4.78, 5) is 31.2. The lowest BCUT2D eigenvalue weighted by atomic mass is 10.0. The van der Waals surface area contributed by atoms with Crippen LogP contribution in [-0.4, -0.2) is 67.2 Å². The number of piperazine rings is 1. The van der Waals surface area contributed by atoms with Crippen LogP contribution in [0.5, 0.6) is 5.75 Å². The number of aromatic nitrogens is 2. The van der Waals surface area contributed by atoms with E-state index in [-0.39, 0.29) is 30.3 Å². The lowest BCUT2D eigenvalue weighted by molar-refractivity contribution is -0.140. The van der Waals surface area contributed by atoms with Gasteiger partial charge in [0, 0.05) is 50.3 Å². The van der Waals surface area contributed by atoms with Crippen LogP contribution in [0.15, 0.2) is 55.4 Å². The third-order valence-corrected chi connectivity index (χ3v) is 7.75. The molecule has 3 aromatic rings. The molecule has 0 unspecified atom stereocenters. The second-order valence-electron chi connectivity index (χ2n) is 10.6. The Kier molecular flexibility index (Phi) is 9.73. The Balaban J connectivity index is 1.43. The molecule has 0 bridgehead atoms. The largest absolute Gasteiger partial charge is 0.494 e. The summed E-state index contributed by atoms with van der Waals surface area (Å²) >= 11 is 0. The number of carbonyl (C=O) groups is 1. The maximum Gasteiger partial charge on any atom is 0.419 e. The molecule has 1 aromatic heterocycles. The van der Waals surface area contributed by atoms with E-state index in [2.05, 4.69) is 43.9 Å². The van der Waals surface area contributed by atoms with Crippen LogP contribution >= 0.6 is 0 Å². The second-order valence-corrected chi connectivity index (χ2v) is 10.6. The molecule has 1 amide bonds. The molecular weight excluding hydrogens is 594 g/mol. The first-order chi connectivity index (χ1) is 21.6. The predicted octanol–water partition coefficient (Wildman–Crippen LogP) is 5.93. The number of nitrogens with one attached hydrogen (secondary N) is 2. The molecular formula is C31H35F4N7O3. The summed E-state index contributed by atoms with van der Waals surface area (Å²) in [5.41, 5.74) is 0.339. The van der Waals surface area contributed by atoms with E-state index in [0.717, 1.165) is 44.8 Å². The van der Waals surface area contributed by atoms with Crippen molar-refractivity contribution in [2.75, 3.05) is 67.0 Å². The van der Waals surface area contributed by atoms with E-state index < -0.39 is 23.6 Å². The van der Waals surface area contributed by atoms with Crippen LogP contribution in [0.25, 0.3) is 0 Å². The Morgan fingerprint density at radius 2 is 1.93 bits per heavy atom. The molecule has 5 rings (SSSR count). The fourth-order valence-electron chi connectivity index (χ4n) is 5.59. The molecule has 10 nitrogen and oxygen atoms in total. The van der Waals surface area contributed by atoms with Crippen molar-refractivity contribution in [1.82, 2.24) is 14.9 Å². The molecule has 2 saturated heterocycles. The molecule has 14 heteroatoms. The van der Waals surface area contributed by atoms with Crippen molar-refractivity contribution >= 4 is 34.6 Å². The van der Waals surface area contributed by atoms with Gasteiger partial charge in [-0.05, 0) is 31.2 Å². The Morgan fingerprint density at radius 1 is 1.16 bits per heavy atom. The van der Waals surface area contributed by atoms with Crippen molar-refractivity contribution in [2.45, 2.75) is 32.0 Å². The lowest BCUT2D eigenvalue weighted by Crippen LogP contribution is -2.46. The number of anilines is 5. The molecule has 0 radical (unpaired) electrons. The Bertz CT molecular complexity index is 1530. The summed E-state index contributed by atoms with van der Waals surface area (Å²) in [5.74, 6) is -0.713. The number of ether oxygens (including phenoxy) is 1. The molecule has 2 fully saturated rings. The van der Waals surface area contributed by atoms with Crippen molar-refractivity contribution in [3.05, 3.63) is 72.3 Å². The molecule has 2 N–H and O–H groups in total. The number of hydrogen-bond donors (Lipinski definition) is 2. The van der Waals surface area contributed by atoms with Crippen LogP contribution in [0, 0.1) is 5.82 Å². The van der Waals surface area contributed by atoms with Crippen molar-refractivity contribution in [2.24, 2.45) is 0 Å². The van der Waals surface area contributed by atoms with E-state index in [4.69, 9.17) is 9.57 Å². The number of nitrogens with zero attached hydrogens (tertiary/aromatic N) is 5. The van der Waals surface area contributed by atoms with Crippen molar-refractivity contribution in [3.63, 3.8) is 0 Å². The van der Waals surface area contributed by atoms with Gasteiger partial charge >= 0.3 is 6.18 Å². The van der Waals surface area contributed by atoms with Crippen molar-refractivity contribution in [3.8, 4) is 5.75 Å². The van der Waals surface area contributed by atoms with Gasteiger partial charge < -0.3 is 20.3 Å². The number of hydrogen-bond acceptors (Lipinski definition) is 9. The summed E-state index contributed by atoms with van der Waals surface area (Å²) in [5, 5.41) is 7.36. The molecule has 240 valence electrons. The normalized spacial score (nSPS) is 17.3. The fourth-order valence-corrected chi connectivity index (χ4v) is 5.59. The van der Waals surface area contributed by atoms with Crippen LogP contribution in [-0.2, 0) is 15.8 Å². The minimum atomic E-state index is -4.83. The van der Waals surface area contributed by atoms with Crippen LogP contribution in [0.3, 0.4) is 0 Å². The molecule has 2 aliphatic rings. The minimum Gasteiger partial charge on any atom is -0.494 e. The highest BCUT2D eigenvalue weighted by molar-refractivity contribution is 6.02. The van der Waals surface area contributed by atoms with E-state index in [1.807, 2.05) is 6.07 Å². The van der Waals surface area contributed by atoms with Crippen molar-refractivity contribution in [1.29, 1.82) is 0 Å².